The number of hydrogen-bond acceptors (Lipinski definition) is 6. The average molecular weight is 441 g/mol. The topological polar surface area (TPSA) is 104 Å². The summed E-state index contributed by atoms with van der Waals surface area (Å²) in [7, 11) is 0. The Kier molecular flexibility index (Phi) is 7.07. The van der Waals surface area contributed by atoms with E-state index in [0.717, 1.165) is 16.9 Å². The van der Waals surface area contributed by atoms with Crippen LogP contribution >= 0.6 is 0 Å². The zero-order chi connectivity index (χ0) is 22.9. The lowest BCUT2D eigenvalue weighted by molar-refractivity contribution is -0.128. The van der Waals surface area contributed by atoms with Gasteiger partial charge >= 0.3 is 0 Å². The lowest BCUT2D eigenvalue weighted by atomic mass is 10.1. The van der Waals surface area contributed by atoms with Crippen molar-refractivity contribution in [3.63, 3.8) is 0 Å². The molecule has 0 fully saturated rings. The number of carbonyl (C=O) groups is 2. The number of amides is 2. The van der Waals surface area contributed by atoms with E-state index in [2.05, 4.69) is 26.4 Å². The number of aliphatic imine (C=N–C) groups is 1. The van der Waals surface area contributed by atoms with Gasteiger partial charge in [-0.1, -0.05) is 60.7 Å². The van der Waals surface area contributed by atoms with Crippen molar-refractivity contribution in [1.82, 2.24) is 16.3 Å². The second kappa shape index (κ2) is 10.7. The van der Waals surface area contributed by atoms with Crippen LogP contribution in [0.5, 0.6) is 11.5 Å². The van der Waals surface area contributed by atoms with Gasteiger partial charge in [0.2, 0.25) is 5.91 Å². The van der Waals surface area contributed by atoms with Crippen molar-refractivity contribution in [3.05, 3.63) is 96.1 Å². The summed E-state index contributed by atoms with van der Waals surface area (Å²) in [6.07, 6.45) is 1.93. The number of rotatable bonds is 8. The minimum Gasteiger partial charge on any atom is -0.457 e. The highest BCUT2D eigenvalue weighted by atomic mass is 16.5. The second-order valence-corrected chi connectivity index (χ2v) is 7.35. The Labute approximate surface area is 191 Å². The number of hydrazone groups is 1. The molecular weight excluding hydrogens is 418 g/mol. The van der Waals surface area contributed by atoms with Gasteiger partial charge in [-0.15, -0.1) is 0 Å². The Bertz CT molecular complexity index is 1160. The maximum Gasteiger partial charge on any atom is 0.263 e. The monoisotopic (exact) mass is 441 g/mol. The SMILES string of the molecule is O=C(CC1N=C(Cc2ccccc2)NNC1=O)N/N=C/c1cccc(Oc2ccccc2)c1. The molecule has 0 bridgehead atoms. The van der Waals surface area contributed by atoms with Crippen LogP contribution in [-0.4, -0.2) is 29.9 Å². The first-order valence-electron chi connectivity index (χ1n) is 10.5. The molecule has 166 valence electrons. The number of para-hydroxylation sites is 1. The van der Waals surface area contributed by atoms with Crippen molar-refractivity contribution in [3.8, 4) is 11.5 Å². The van der Waals surface area contributed by atoms with Gasteiger partial charge in [0.25, 0.3) is 5.91 Å². The van der Waals surface area contributed by atoms with Crippen LogP contribution in [0.2, 0.25) is 0 Å². The van der Waals surface area contributed by atoms with Crippen molar-refractivity contribution < 1.29 is 14.3 Å². The van der Waals surface area contributed by atoms with Crippen LogP contribution in [-0.2, 0) is 16.0 Å². The molecule has 33 heavy (non-hydrogen) atoms. The van der Waals surface area contributed by atoms with Gasteiger partial charge in [0.15, 0.2) is 0 Å². The number of hydrazine groups is 1. The molecule has 1 aliphatic heterocycles. The molecule has 3 N–H and O–H groups in total. The lowest BCUT2D eigenvalue weighted by Gasteiger charge is -2.21. The molecule has 8 nitrogen and oxygen atoms in total. The molecule has 1 atom stereocenters. The molecule has 3 aromatic rings. The molecule has 3 aromatic carbocycles. The summed E-state index contributed by atoms with van der Waals surface area (Å²) in [5.41, 5.74) is 9.61. The molecule has 0 aromatic heterocycles. The molecule has 0 saturated carbocycles. The third-order valence-corrected chi connectivity index (χ3v) is 4.78. The normalized spacial score (nSPS) is 15.3. The first-order valence-corrected chi connectivity index (χ1v) is 10.5. The maximum absolute atomic E-state index is 12.3. The first kappa shape index (κ1) is 21.8. The third-order valence-electron chi connectivity index (χ3n) is 4.78. The van der Waals surface area contributed by atoms with Gasteiger partial charge in [0.05, 0.1) is 12.6 Å². The van der Waals surface area contributed by atoms with Crippen LogP contribution in [0.4, 0.5) is 0 Å². The quantitative estimate of drug-likeness (QED) is 0.369. The summed E-state index contributed by atoms with van der Waals surface area (Å²) in [5.74, 6) is 1.21. The molecule has 1 heterocycles. The van der Waals surface area contributed by atoms with E-state index in [1.54, 1.807) is 0 Å². The van der Waals surface area contributed by atoms with E-state index in [9.17, 15) is 9.59 Å². The van der Waals surface area contributed by atoms with E-state index < -0.39 is 11.9 Å². The van der Waals surface area contributed by atoms with Gasteiger partial charge < -0.3 is 4.74 Å². The van der Waals surface area contributed by atoms with Crippen LogP contribution in [0, 0.1) is 0 Å². The number of nitrogens with one attached hydrogen (secondary N) is 3. The van der Waals surface area contributed by atoms with Gasteiger partial charge in [-0.25, -0.2) is 5.43 Å². The summed E-state index contributed by atoms with van der Waals surface area (Å²) in [5, 5.41) is 3.99. The number of nitrogens with zero attached hydrogens (tertiary/aromatic N) is 2. The van der Waals surface area contributed by atoms with Crippen LogP contribution in [0.15, 0.2) is 95.0 Å². The predicted octanol–water partition coefficient (Wildman–Crippen LogP) is 2.96. The highest BCUT2D eigenvalue weighted by Crippen LogP contribution is 2.21. The van der Waals surface area contributed by atoms with Crippen molar-refractivity contribution in [2.45, 2.75) is 18.9 Å². The highest BCUT2D eigenvalue weighted by Gasteiger charge is 2.25. The van der Waals surface area contributed by atoms with Crippen molar-refractivity contribution in [1.29, 1.82) is 0 Å². The van der Waals surface area contributed by atoms with Crippen molar-refractivity contribution >= 4 is 23.9 Å². The van der Waals surface area contributed by atoms with Crippen molar-refractivity contribution in [2.75, 3.05) is 0 Å². The van der Waals surface area contributed by atoms with Gasteiger partial charge in [-0.05, 0) is 35.4 Å². The molecule has 4 rings (SSSR count). The molecule has 0 aliphatic carbocycles. The summed E-state index contributed by atoms with van der Waals surface area (Å²) in [6.45, 7) is 0. The Hall–Kier alpha value is -4.46. The fourth-order valence-electron chi connectivity index (χ4n) is 3.20. The molecule has 1 aliphatic rings. The van der Waals surface area contributed by atoms with Crippen LogP contribution in [0.1, 0.15) is 17.5 Å². The van der Waals surface area contributed by atoms with Gasteiger partial charge in [0.1, 0.15) is 23.4 Å². The van der Waals surface area contributed by atoms with E-state index in [1.807, 2.05) is 84.9 Å². The molecule has 1 unspecified atom stereocenters. The second-order valence-electron chi connectivity index (χ2n) is 7.35. The number of hydrogen-bond donors (Lipinski definition) is 3. The van der Waals surface area contributed by atoms with E-state index in [1.165, 1.54) is 6.21 Å². The predicted molar refractivity (Wildman–Crippen MR) is 126 cm³/mol. The maximum atomic E-state index is 12.3. The Balaban J connectivity index is 1.31. The fraction of sp³-hybridized carbons (Fsp3) is 0.120. The largest absolute Gasteiger partial charge is 0.457 e. The summed E-state index contributed by atoms with van der Waals surface area (Å²) >= 11 is 0. The summed E-state index contributed by atoms with van der Waals surface area (Å²) < 4.78 is 5.80. The number of amidine groups is 1. The molecule has 0 radical (unpaired) electrons. The standard InChI is InChI=1S/C25H23N5O3/c31-24(16-22-25(32)30-28-23(27-22)15-18-8-3-1-4-9-18)29-26-17-19-10-7-13-21(14-19)33-20-11-5-2-6-12-20/h1-14,17,22H,15-16H2,(H,27,28)(H,29,31)(H,30,32)/b26-17+. The fourth-order valence-corrected chi connectivity index (χ4v) is 3.20. The van der Waals surface area contributed by atoms with E-state index in [0.29, 0.717) is 18.0 Å². The first-order chi connectivity index (χ1) is 16.2. The molecule has 2 amide bonds. The zero-order valence-corrected chi connectivity index (χ0v) is 17.8. The van der Waals surface area contributed by atoms with E-state index >= 15 is 0 Å². The van der Waals surface area contributed by atoms with Crippen molar-refractivity contribution in [2.24, 2.45) is 10.1 Å². The average Bonchev–Trinajstić information content (AvgIpc) is 2.83. The Morgan fingerprint density at radius 3 is 2.48 bits per heavy atom. The third kappa shape index (κ3) is 6.51. The molecule has 0 saturated heterocycles. The highest BCUT2D eigenvalue weighted by molar-refractivity contribution is 5.96. The van der Waals surface area contributed by atoms with Crippen LogP contribution in [0.25, 0.3) is 0 Å². The lowest BCUT2D eigenvalue weighted by Crippen LogP contribution is -2.52. The smallest absolute Gasteiger partial charge is 0.263 e. The van der Waals surface area contributed by atoms with E-state index in [4.69, 9.17) is 4.74 Å². The molecular formula is C25H23N5O3. The Morgan fingerprint density at radius 1 is 0.970 bits per heavy atom. The number of carbonyl (C=O) groups excluding carboxylic acids is 2. The van der Waals surface area contributed by atoms with Gasteiger partial charge in [-0.3, -0.25) is 25.4 Å². The van der Waals surface area contributed by atoms with E-state index in [-0.39, 0.29) is 12.3 Å². The minimum atomic E-state index is -0.817. The minimum absolute atomic E-state index is 0.111. The Morgan fingerprint density at radius 2 is 1.70 bits per heavy atom. The molecule has 8 heteroatoms. The zero-order valence-electron chi connectivity index (χ0n) is 17.8. The molecule has 0 spiro atoms. The van der Waals surface area contributed by atoms with Gasteiger partial charge in [0, 0.05) is 6.42 Å². The number of ether oxygens (including phenoxy) is 1. The number of benzene rings is 3. The van der Waals surface area contributed by atoms with Crippen LogP contribution in [0.3, 0.4) is 0 Å². The summed E-state index contributed by atoms with van der Waals surface area (Å²) in [4.78, 5) is 28.8. The van der Waals surface area contributed by atoms with Crippen LogP contribution < -0.4 is 21.0 Å². The summed E-state index contributed by atoms with van der Waals surface area (Å²) in [6, 6.07) is 25.7. The van der Waals surface area contributed by atoms with Gasteiger partial charge in [-0.2, -0.15) is 5.10 Å².